The van der Waals surface area contributed by atoms with Crippen LogP contribution in [0.15, 0.2) is 24.3 Å². The van der Waals surface area contributed by atoms with Gasteiger partial charge in [0.1, 0.15) is 0 Å². The van der Waals surface area contributed by atoms with Gasteiger partial charge in [0.05, 0.1) is 0 Å². The molecule has 0 aromatic heterocycles. The summed E-state index contributed by atoms with van der Waals surface area (Å²) in [5, 5.41) is 3.53. The van der Waals surface area contributed by atoms with Crippen LogP contribution < -0.4 is 5.32 Å². The second-order valence-corrected chi connectivity index (χ2v) is 5.38. The van der Waals surface area contributed by atoms with Crippen LogP contribution in [0.25, 0.3) is 0 Å². The Morgan fingerprint density at radius 1 is 1.06 bits per heavy atom. The molecule has 0 saturated carbocycles. The van der Waals surface area contributed by atoms with E-state index in [1.54, 1.807) is 11.1 Å². The van der Waals surface area contributed by atoms with Gasteiger partial charge in [-0.1, -0.05) is 24.3 Å². The lowest BCUT2D eigenvalue weighted by molar-refractivity contribution is 0.185. The van der Waals surface area contributed by atoms with Gasteiger partial charge in [-0.3, -0.25) is 4.90 Å². The van der Waals surface area contributed by atoms with Gasteiger partial charge in [-0.25, -0.2) is 0 Å². The minimum absolute atomic E-state index is 0.628. The molecule has 92 valence electrons. The van der Waals surface area contributed by atoms with Gasteiger partial charge in [0.15, 0.2) is 0 Å². The molecule has 2 atom stereocenters. The SMILES string of the molecule is CN[C@H]1Cc2ccccc2C[C@H]1N1CCCC1. The summed E-state index contributed by atoms with van der Waals surface area (Å²) in [7, 11) is 2.11. The number of rotatable bonds is 2. The molecule has 17 heavy (non-hydrogen) atoms. The minimum Gasteiger partial charge on any atom is -0.315 e. The van der Waals surface area contributed by atoms with E-state index in [1.807, 2.05) is 0 Å². The molecule has 0 spiro atoms. The van der Waals surface area contributed by atoms with E-state index in [4.69, 9.17) is 0 Å². The maximum absolute atomic E-state index is 3.53. The molecule has 0 unspecified atom stereocenters. The maximum atomic E-state index is 3.53. The van der Waals surface area contributed by atoms with Gasteiger partial charge < -0.3 is 5.32 Å². The Morgan fingerprint density at radius 3 is 2.35 bits per heavy atom. The van der Waals surface area contributed by atoms with E-state index in [9.17, 15) is 0 Å². The molecule has 1 N–H and O–H groups in total. The summed E-state index contributed by atoms with van der Waals surface area (Å²) in [4.78, 5) is 2.69. The summed E-state index contributed by atoms with van der Waals surface area (Å²) in [5.74, 6) is 0. The lowest BCUT2D eigenvalue weighted by Crippen LogP contribution is -2.52. The Bertz CT molecular complexity index is 382. The molecule has 1 heterocycles. The first kappa shape index (κ1) is 11.2. The molecular formula is C15H22N2. The Kier molecular flexibility index (Phi) is 3.17. The fourth-order valence-corrected chi connectivity index (χ4v) is 3.45. The average molecular weight is 230 g/mol. The molecule has 2 aliphatic rings. The van der Waals surface area contributed by atoms with Crippen molar-refractivity contribution in [2.75, 3.05) is 20.1 Å². The third kappa shape index (κ3) is 2.12. The molecule has 1 saturated heterocycles. The van der Waals surface area contributed by atoms with E-state index in [2.05, 4.69) is 41.5 Å². The van der Waals surface area contributed by atoms with Crippen molar-refractivity contribution in [2.24, 2.45) is 0 Å². The van der Waals surface area contributed by atoms with Crippen LogP contribution in [0.3, 0.4) is 0 Å². The largest absolute Gasteiger partial charge is 0.315 e. The highest BCUT2D eigenvalue weighted by molar-refractivity contribution is 5.32. The van der Waals surface area contributed by atoms with Crippen molar-refractivity contribution < 1.29 is 0 Å². The van der Waals surface area contributed by atoms with Gasteiger partial charge in [-0.05, 0) is 56.9 Å². The second-order valence-electron chi connectivity index (χ2n) is 5.38. The van der Waals surface area contributed by atoms with Crippen LogP contribution >= 0.6 is 0 Å². The van der Waals surface area contributed by atoms with Crippen molar-refractivity contribution >= 4 is 0 Å². The van der Waals surface area contributed by atoms with Crippen molar-refractivity contribution in [3.8, 4) is 0 Å². The van der Waals surface area contributed by atoms with E-state index in [0.29, 0.717) is 12.1 Å². The second kappa shape index (κ2) is 4.79. The number of nitrogens with one attached hydrogen (secondary N) is 1. The average Bonchev–Trinajstić information content (AvgIpc) is 2.91. The molecule has 0 radical (unpaired) electrons. The van der Waals surface area contributed by atoms with Crippen molar-refractivity contribution in [1.29, 1.82) is 0 Å². The third-order valence-electron chi connectivity index (χ3n) is 4.43. The summed E-state index contributed by atoms with van der Waals surface area (Å²) in [5.41, 5.74) is 3.11. The Balaban J connectivity index is 1.84. The minimum atomic E-state index is 0.628. The maximum Gasteiger partial charge on any atom is 0.0292 e. The Labute approximate surface area is 104 Å². The van der Waals surface area contributed by atoms with Crippen molar-refractivity contribution in [1.82, 2.24) is 10.2 Å². The van der Waals surface area contributed by atoms with E-state index >= 15 is 0 Å². The number of benzene rings is 1. The molecule has 2 nitrogen and oxygen atoms in total. The van der Waals surface area contributed by atoms with E-state index in [0.717, 1.165) is 0 Å². The van der Waals surface area contributed by atoms with Crippen LogP contribution in [0.5, 0.6) is 0 Å². The molecule has 1 fully saturated rings. The highest BCUT2D eigenvalue weighted by atomic mass is 15.2. The molecule has 0 amide bonds. The topological polar surface area (TPSA) is 15.3 Å². The smallest absolute Gasteiger partial charge is 0.0292 e. The molecule has 1 aliphatic carbocycles. The standard InChI is InChI=1S/C15H22N2/c1-16-14-10-12-6-2-3-7-13(12)11-15(14)17-8-4-5-9-17/h2-3,6-7,14-16H,4-5,8-11H2,1H3/t14-,15+/m0/s1. The fourth-order valence-electron chi connectivity index (χ4n) is 3.45. The first-order chi connectivity index (χ1) is 8.38. The zero-order valence-electron chi connectivity index (χ0n) is 10.7. The van der Waals surface area contributed by atoms with Gasteiger partial charge in [-0.15, -0.1) is 0 Å². The molecule has 1 aromatic carbocycles. The van der Waals surface area contributed by atoms with Gasteiger partial charge >= 0.3 is 0 Å². The predicted octanol–water partition coefficient (Wildman–Crippen LogP) is 1.84. The number of hydrogen-bond acceptors (Lipinski definition) is 2. The first-order valence-corrected chi connectivity index (χ1v) is 6.86. The Hall–Kier alpha value is -0.860. The molecular weight excluding hydrogens is 208 g/mol. The van der Waals surface area contributed by atoms with Crippen LogP contribution in [0.4, 0.5) is 0 Å². The normalized spacial score (nSPS) is 29.2. The molecule has 1 aromatic rings. The quantitative estimate of drug-likeness (QED) is 0.834. The summed E-state index contributed by atoms with van der Waals surface area (Å²) in [6.07, 6.45) is 5.18. The zero-order valence-corrected chi connectivity index (χ0v) is 10.7. The van der Waals surface area contributed by atoms with Crippen LogP contribution in [0, 0.1) is 0 Å². The van der Waals surface area contributed by atoms with E-state index in [1.165, 1.54) is 38.8 Å². The third-order valence-corrected chi connectivity index (χ3v) is 4.43. The van der Waals surface area contributed by atoms with Gasteiger partial charge in [0.25, 0.3) is 0 Å². The lowest BCUT2D eigenvalue weighted by Gasteiger charge is -2.38. The van der Waals surface area contributed by atoms with Crippen LogP contribution in [0.1, 0.15) is 24.0 Å². The number of hydrogen-bond donors (Lipinski definition) is 1. The highest BCUT2D eigenvalue weighted by Crippen LogP contribution is 2.26. The summed E-state index contributed by atoms with van der Waals surface area (Å²) >= 11 is 0. The van der Waals surface area contributed by atoms with Gasteiger partial charge in [0.2, 0.25) is 0 Å². The summed E-state index contributed by atoms with van der Waals surface area (Å²) in [6, 6.07) is 10.3. The van der Waals surface area contributed by atoms with E-state index < -0.39 is 0 Å². The molecule has 2 heteroatoms. The van der Waals surface area contributed by atoms with Crippen LogP contribution in [-0.4, -0.2) is 37.1 Å². The van der Waals surface area contributed by atoms with Crippen LogP contribution in [-0.2, 0) is 12.8 Å². The lowest BCUT2D eigenvalue weighted by atomic mass is 9.84. The fraction of sp³-hybridized carbons (Fsp3) is 0.600. The van der Waals surface area contributed by atoms with Crippen molar-refractivity contribution in [3.05, 3.63) is 35.4 Å². The summed E-state index contributed by atoms with van der Waals surface area (Å²) < 4.78 is 0. The number of likely N-dealkylation sites (N-methyl/N-ethyl adjacent to an activating group) is 1. The number of likely N-dealkylation sites (tertiary alicyclic amines) is 1. The Morgan fingerprint density at radius 2 is 1.71 bits per heavy atom. The molecule has 3 rings (SSSR count). The predicted molar refractivity (Wildman–Crippen MR) is 71.3 cm³/mol. The monoisotopic (exact) mass is 230 g/mol. The summed E-state index contributed by atoms with van der Waals surface area (Å²) in [6.45, 7) is 2.59. The van der Waals surface area contributed by atoms with E-state index in [-0.39, 0.29) is 0 Å². The van der Waals surface area contributed by atoms with Crippen molar-refractivity contribution in [2.45, 2.75) is 37.8 Å². The number of fused-ring (bicyclic) bond motifs is 1. The van der Waals surface area contributed by atoms with Crippen molar-refractivity contribution in [3.63, 3.8) is 0 Å². The number of nitrogens with zero attached hydrogens (tertiary/aromatic N) is 1. The highest BCUT2D eigenvalue weighted by Gasteiger charge is 2.32. The van der Waals surface area contributed by atoms with Gasteiger partial charge in [0, 0.05) is 12.1 Å². The zero-order chi connectivity index (χ0) is 11.7. The van der Waals surface area contributed by atoms with Gasteiger partial charge in [-0.2, -0.15) is 0 Å². The first-order valence-electron chi connectivity index (χ1n) is 6.86. The molecule has 1 aliphatic heterocycles. The van der Waals surface area contributed by atoms with Crippen LogP contribution in [0.2, 0.25) is 0 Å². The molecule has 0 bridgehead atoms.